The van der Waals surface area contributed by atoms with Crippen molar-refractivity contribution in [3.8, 4) is 0 Å². The van der Waals surface area contributed by atoms with Gasteiger partial charge in [0.25, 0.3) is 0 Å². The van der Waals surface area contributed by atoms with Gasteiger partial charge in [0, 0.05) is 0 Å². The molecule has 0 spiro atoms. The third-order valence-corrected chi connectivity index (χ3v) is 2.28. The normalized spacial score (nSPS) is 46.8. The molecular formula is C7H10O7. The number of aliphatic hydroxyl groups excluding tert-OH is 3. The first-order valence-corrected chi connectivity index (χ1v) is 4.13. The standard InChI is InChI=1S/C7H10O7/c8-1-2-3(9)4-5(6(10)12-2)14-7(11)13-4/h2-6,8-10H,1H2/t2-,3+,4+,5+,6-/m0/s1. The highest BCUT2D eigenvalue weighted by Gasteiger charge is 2.53. The van der Waals surface area contributed by atoms with Crippen molar-refractivity contribution in [2.45, 2.75) is 30.7 Å². The van der Waals surface area contributed by atoms with Crippen LogP contribution < -0.4 is 0 Å². The van der Waals surface area contributed by atoms with Crippen LogP contribution in [0.2, 0.25) is 0 Å². The Labute approximate surface area is 78.8 Å². The van der Waals surface area contributed by atoms with Crippen LogP contribution in [0.3, 0.4) is 0 Å². The molecule has 7 nitrogen and oxygen atoms in total. The molecule has 0 aliphatic carbocycles. The van der Waals surface area contributed by atoms with Crippen molar-refractivity contribution >= 4 is 6.16 Å². The first-order chi connectivity index (χ1) is 6.63. The highest BCUT2D eigenvalue weighted by atomic mass is 16.8. The zero-order valence-electron chi connectivity index (χ0n) is 7.07. The highest BCUT2D eigenvalue weighted by Crippen LogP contribution is 2.29. The minimum atomic E-state index is -1.38. The summed E-state index contributed by atoms with van der Waals surface area (Å²) < 4.78 is 14.0. The number of hydrogen-bond donors (Lipinski definition) is 3. The van der Waals surface area contributed by atoms with Crippen LogP contribution in [-0.4, -0.2) is 58.8 Å². The molecule has 0 aromatic carbocycles. The monoisotopic (exact) mass is 206 g/mol. The lowest BCUT2D eigenvalue weighted by molar-refractivity contribution is -0.261. The summed E-state index contributed by atoms with van der Waals surface area (Å²) in [6.45, 7) is -0.473. The van der Waals surface area contributed by atoms with Crippen LogP contribution in [0.25, 0.3) is 0 Å². The quantitative estimate of drug-likeness (QED) is 0.424. The lowest BCUT2D eigenvalue weighted by atomic mass is 10.00. The van der Waals surface area contributed by atoms with Crippen molar-refractivity contribution in [1.29, 1.82) is 0 Å². The van der Waals surface area contributed by atoms with E-state index in [1.807, 2.05) is 0 Å². The Balaban J connectivity index is 2.15. The summed E-state index contributed by atoms with van der Waals surface area (Å²) in [6.07, 6.45) is -6.52. The first kappa shape index (κ1) is 9.66. The molecule has 0 unspecified atom stereocenters. The second-order valence-corrected chi connectivity index (χ2v) is 3.15. The number of carbonyl (C=O) groups excluding carboxylic acids is 1. The number of rotatable bonds is 1. The average molecular weight is 206 g/mol. The number of ether oxygens (including phenoxy) is 3. The number of hydrogen-bond acceptors (Lipinski definition) is 7. The second kappa shape index (κ2) is 3.35. The molecule has 7 heteroatoms. The summed E-state index contributed by atoms with van der Waals surface area (Å²) in [5.41, 5.74) is 0. The molecule has 5 atom stereocenters. The molecule has 2 fully saturated rings. The second-order valence-electron chi connectivity index (χ2n) is 3.15. The van der Waals surface area contributed by atoms with E-state index in [-0.39, 0.29) is 0 Å². The minimum Gasteiger partial charge on any atom is -0.424 e. The van der Waals surface area contributed by atoms with E-state index in [1.54, 1.807) is 0 Å². The molecule has 0 radical (unpaired) electrons. The van der Waals surface area contributed by atoms with E-state index in [4.69, 9.17) is 9.84 Å². The predicted molar refractivity (Wildman–Crippen MR) is 39.1 cm³/mol. The zero-order valence-corrected chi connectivity index (χ0v) is 7.07. The van der Waals surface area contributed by atoms with Crippen LogP contribution in [0, 0.1) is 0 Å². The third-order valence-electron chi connectivity index (χ3n) is 2.28. The summed E-state index contributed by atoms with van der Waals surface area (Å²) in [7, 11) is 0. The van der Waals surface area contributed by atoms with Crippen LogP contribution in [0.5, 0.6) is 0 Å². The molecule has 3 N–H and O–H groups in total. The number of aliphatic hydroxyl groups is 3. The molecule has 80 valence electrons. The van der Waals surface area contributed by atoms with Crippen LogP contribution >= 0.6 is 0 Å². The van der Waals surface area contributed by atoms with Gasteiger partial charge in [-0.1, -0.05) is 0 Å². The van der Waals surface area contributed by atoms with Crippen molar-refractivity contribution in [3.05, 3.63) is 0 Å². The largest absolute Gasteiger partial charge is 0.509 e. The van der Waals surface area contributed by atoms with Gasteiger partial charge >= 0.3 is 6.16 Å². The van der Waals surface area contributed by atoms with Gasteiger partial charge in [-0.05, 0) is 0 Å². The van der Waals surface area contributed by atoms with E-state index >= 15 is 0 Å². The van der Waals surface area contributed by atoms with E-state index in [1.165, 1.54) is 0 Å². The van der Waals surface area contributed by atoms with Gasteiger partial charge in [0.05, 0.1) is 6.61 Å². The van der Waals surface area contributed by atoms with E-state index in [0.717, 1.165) is 0 Å². The van der Waals surface area contributed by atoms with Crippen LogP contribution in [0.15, 0.2) is 0 Å². The van der Waals surface area contributed by atoms with Crippen LogP contribution in [0.4, 0.5) is 4.79 Å². The average Bonchev–Trinajstić information content (AvgIpc) is 2.54. The summed E-state index contributed by atoms with van der Waals surface area (Å²) >= 11 is 0. The SMILES string of the molecule is O=C1O[C@@H]2[C@H](O)[C@H](CO)O[C@H](O)[C@@H]2O1. The minimum absolute atomic E-state index is 0.473. The first-order valence-electron chi connectivity index (χ1n) is 4.13. The lowest BCUT2D eigenvalue weighted by Crippen LogP contribution is -2.57. The molecule has 0 bridgehead atoms. The zero-order chi connectivity index (χ0) is 10.3. The van der Waals surface area contributed by atoms with E-state index in [2.05, 4.69) is 9.47 Å². The molecule has 2 rings (SSSR count). The maximum atomic E-state index is 10.7. The van der Waals surface area contributed by atoms with Gasteiger partial charge in [0.15, 0.2) is 18.5 Å². The molecule has 0 aromatic heterocycles. The van der Waals surface area contributed by atoms with Crippen molar-refractivity contribution in [1.82, 2.24) is 0 Å². The van der Waals surface area contributed by atoms with Gasteiger partial charge in [-0.25, -0.2) is 4.79 Å². The number of fused-ring (bicyclic) bond motifs is 1. The molecule has 2 aliphatic heterocycles. The Bertz CT molecular complexity index is 242. The van der Waals surface area contributed by atoms with Crippen molar-refractivity contribution in [3.63, 3.8) is 0 Å². The molecule has 2 heterocycles. The summed E-state index contributed by atoms with van der Waals surface area (Å²) in [5.74, 6) is 0. The summed E-state index contributed by atoms with van der Waals surface area (Å²) in [6, 6.07) is 0. The molecule has 0 saturated carbocycles. The topological polar surface area (TPSA) is 105 Å². The van der Waals surface area contributed by atoms with Gasteiger partial charge < -0.3 is 29.5 Å². The van der Waals surface area contributed by atoms with Crippen molar-refractivity contribution in [2.75, 3.05) is 6.61 Å². The van der Waals surface area contributed by atoms with E-state index < -0.39 is 43.5 Å². The maximum absolute atomic E-state index is 10.7. The fourth-order valence-electron chi connectivity index (χ4n) is 1.57. The van der Waals surface area contributed by atoms with Crippen molar-refractivity contribution < 1.29 is 34.3 Å². The lowest BCUT2D eigenvalue weighted by Gasteiger charge is -2.35. The Kier molecular flexibility index (Phi) is 2.31. The third kappa shape index (κ3) is 1.34. The smallest absolute Gasteiger partial charge is 0.424 e. The summed E-state index contributed by atoms with van der Waals surface area (Å²) in [5, 5.41) is 27.6. The van der Waals surface area contributed by atoms with Gasteiger partial charge in [0.2, 0.25) is 0 Å². The predicted octanol–water partition coefficient (Wildman–Crippen LogP) is -2.04. The molecule has 0 aromatic rings. The Morgan fingerprint density at radius 2 is 1.86 bits per heavy atom. The van der Waals surface area contributed by atoms with Crippen LogP contribution in [-0.2, 0) is 14.2 Å². The highest BCUT2D eigenvalue weighted by molar-refractivity contribution is 5.62. The van der Waals surface area contributed by atoms with Gasteiger partial charge in [-0.15, -0.1) is 0 Å². The summed E-state index contributed by atoms with van der Waals surface area (Å²) in [4.78, 5) is 10.7. The number of carbonyl (C=O) groups is 1. The Morgan fingerprint density at radius 1 is 1.21 bits per heavy atom. The van der Waals surface area contributed by atoms with Gasteiger partial charge in [-0.2, -0.15) is 0 Å². The van der Waals surface area contributed by atoms with E-state index in [9.17, 15) is 15.0 Å². The molecule has 2 aliphatic rings. The fourth-order valence-corrected chi connectivity index (χ4v) is 1.57. The van der Waals surface area contributed by atoms with Gasteiger partial charge in [-0.3, -0.25) is 0 Å². The molecule has 2 saturated heterocycles. The van der Waals surface area contributed by atoms with Gasteiger partial charge in [0.1, 0.15) is 12.2 Å². The Hall–Kier alpha value is -0.890. The van der Waals surface area contributed by atoms with Crippen LogP contribution in [0.1, 0.15) is 0 Å². The molecular weight excluding hydrogens is 196 g/mol. The fraction of sp³-hybridized carbons (Fsp3) is 0.857. The van der Waals surface area contributed by atoms with E-state index in [0.29, 0.717) is 0 Å². The molecule has 0 amide bonds. The Morgan fingerprint density at radius 3 is 2.50 bits per heavy atom. The van der Waals surface area contributed by atoms with Crippen molar-refractivity contribution in [2.24, 2.45) is 0 Å². The maximum Gasteiger partial charge on any atom is 0.509 e. The molecule has 14 heavy (non-hydrogen) atoms.